The van der Waals surface area contributed by atoms with Gasteiger partial charge < -0.3 is 29.7 Å². The number of aromatic hydroxyl groups is 1. The van der Waals surface area contributed by atoms with Crippen molar-refractivity contribution in [2.75, 3.05) is 0 Å². The number of benzene rings is 2. The van der Waals surface area contributed by atoms with Crippen molar-refractivity contribution >= 4 is 33.7 Å². The van der Waals surface area contributed by atoms with Gasteiger partial charge in [-0.2, -0.15) is 0 Å². The van der Waals surface area contributed by atoms with E-state index in [4.69, 9.17) is 9.15 Å². The van der Waals surface area contributed by atoms with Crippen molar-refractivity contribution in [2.24, 2.45) is 0 Å². The molecule has 0 spiro atoms. The van der Waals surface area contributed by atoms with Crippen LogP contribution in [0.25, 0.3) is 21.9 Å². The highest BCUT2D eigenvalue weighted by Crippen LogP contribution is 2.29. The van der Waals surface area contributed by atoms with Gasteiger partial charge >= 0.3 is 11.6 Å². The van der Waals surface area contributed by atoms with Crippen LogP contribution in [0.15, 0.2) is 51.8 Å². The monoisotopic (exact) mass is 464 g/mol. The summed E-state index contributed by atoms with van der Waals surface area (Å²) < 4.78 is 11.1. The second-order valence-electron chi connectivity index (χ2n) is 8.22. The number of carboxylic acids is 1. The highest BCUT2D eigenvalue weighted by atomic mass is 16.5. The maximum Gasteiger partial charge on any atom is 0.336 e. The van der Waals surface area contributed by atoms with Crippen molar-refractivity contribution in [3.63, 3.8) is 0 Å². The molecule has 1 amide bonds. The fraction of sp³-hybridized carbons (Fsp3) is 0.240. The number of hydrogen-bond donors (Lipinski definition) is 4. The van der Waals surface area contributed by atoms with Gasteiger partial charge in [0.05, 0.1) is 0 Å². The van der Waals surface area contributed by atoms with Crippen molar-refractivity contribution in [3.05, 3.63) is 69.7 Å². The summed E-state index contributed by atoms with van der Waals surface area (Å²) in [6, 6.07) is 8.37. The number of phenols is 1. The van der Waals surface area contributed by atoms with Crippen LogP contribution >= 0.6 is 0 Å². The molecule has 0 aliphatic carbocycles. The minimum absolute atomic E-state index is 0.0106. The van der Waals surface area contributed by atoms with Crippen LogP contribution in [0.5, 0.6) is 11.5 Å². The Morgan fingerprint density at radius 1 is 1.15 bits per heavy atom. The van der Waals surface area contributed by atoms with Gasteiger partial charge in [-0.15, -0.1) is 0 Å². The standard InChI is InChI=1S/C25H24N2O7/c1-12-8-22(29)34-23-13(2)21(7-5-17(12)23)33-14(3)24(30)27-20(25(31)32)9-15-11-26-19-6-4-16(28)10-18(15)19/h4-8,10-11,14,20,26,28H,9H2,1-3H3,(H,27,30)(H,31,32)/t14-,20+/m1/s1. The predicted molar refractivity (Wildman–Crippen MR) is 125 cm³/mol. The number of amides is 1. The van der Waals surface area contributed by atoms with E-state index in [1.54, 1.807) is 38.2 Å². The number of ether oxygens (including phenoxy) is 1. The molecule has 176 valence electrons. The average molecular weight is 464 g/mol. The van der Waals surface area contributed by atoms with Crippen LogP contribution in [0.3, 0.4) is 0 Å². The number of fused-ring (bicyclic) bond motifs is 2. The van der Waals surface area contributed by atoms with E-state index < -0.39 is 29.6 Å². The summed E-state index contributed by atoms with van der Waals surface area (Å²) in [4.78, 5) is 39.4. The quantitative estimate of drug-likeness (QED) is 0.308. The van der Waals surface area contributed by atoms with Crippen molar-refractivity contribution in [3.8, 4) is 11.5 Å². The Balaban J connectivity index is 1.51. The molecular weight excluding hydrogens is 440 g/mol. The summed E-state index contributed by atoms with van der Waals surface area (Å²) in [6.45, 7) is 5.03. The van der Waals surface area contributed by atoms with Crippen LogP contribution < -0.4 is 15.7 Å². The van der Waals surface area contributed by atoms with Gasteiger partial charge in [-0.05, 0) is 62.2 Å². The zero-order chi connectivity index (χ0) is 24.6. The Kier molecular flexibility index (Phi) is 6.02. The normalized spacial score (nSPS) is 13.0. The minimum Gasteiger partial charge on any atom is -0.508 e. The minimum atomic E-state index is -1.21. The molecule has 0 aliphatic rings. The van der Waals surface area contributed by atoms with E-state index in [1.807, 2.05) is 0 Å². The van der Waals surface area contributed by atoms with E-state index in [1.165, 1.54) is 25.1 Å². The number of aliphatic carboxylic acids is 1. The molecule has 0 fully saturated rings. The van der Waals surface area contributed by atoms with Crippen molar-refractivity contribution in [1.82, 2.24) is 10.3 Å². The van der Waals surface area contributed by atoms with E-state index >= 15 is 0 Å². The van der Waals surface area contributed by atoms with Crippen LogP contribution in [-0.2, 0) is 16.0 Å². The van der Waals surface area contributed by atoms with Gasteiger partial charge in [0.15, 0.2) is 6.10 Å². The molecule has 0 bridgehead atoms. The Morgan fingerprint density at radius 2 is 1.91 bits per heavy atom. The Morgan fingerprint density at radius 3 is 2.65 bits per heavy atom. The van der Waals surface area contributed by atoms with Crippen LogP contribution in [0, 0.1) is 13.8 Å². The molecule has 2 heterocycles. The number of aromatic nitrogens is 1. The first-order valence-corrected chi connectivity index (χ1v) is 10.7. The number of carbonyl (C=O) groups is 2. The van der Waals surface area contributed by atoms with E-state index in [0.717, 1.165) is 16.5 Å². The molecule has 34 heavy (non-hydrogen) atoms. The summed E-state index contributed by atoms with van der Waals surface area (Å²) in [5, 5.41) is 23.4. The van der Waals surface area contributed by atoms with Crippen molar-refractivity contribution in [2.45, 2.75) is 39.3 Å². The molecule has 2 aromatic carbocycles. The first kappa shape index (κ1) is 22.9. The Labute approximate surface area is 194 Å². The van der Waals surface area contributed by atoms with E-state index in [2.05, 4.69) is 10.3 Å². The smallest absolute Gasteiger partial charge is 0.336 e. The van der Waals surface area contributed by atoms with Gasteiger partial charge in [0.2, 0.25) is 0 Å². The van der Waals surface area contributed by atoms with Gasteiger partial charge in [-0.1, -0.05) is 0 Å². The molecule has 9 nitrogen and oxygen atoms in total. The lowest BCUT2D eigenvalue weighted by molar-refractivity contribution is -0.142. The van der Waals surface area contributed by atoms with Gasteiger partial charge in [0, 0.05) is 40.5 Å². The molecule has 0 aliphatic heterocycles. The molecule has 0 unspecified atom stereocenters. The molecule has 0 saturated carbocycles. The average Bonchev–Trinajstić information content (AvgIpc) is 3.17. The van der Waals surface area contributed by atoms with Gasteiger partial charge in [0.25, 0.3) is 5.91 Å². The van der Waals surface area contributed by atoms with Gasteiger partial charge in [-0.25, -0.2) is 9.59 Å². The number of aromatic amines is 1. The number of carboxylic acid groups (broad SMARTS) is 1. The molecule has 4 rings (SSSR count). The summed E-state index contributed by atoms with van der Waals surface area (Å²) in [5.74, 6) is -1.40. The molecule has 2 aromatic heterocycles. The lowest BCUT2D eigenvalue weighted by Crippen LogP contribution is -2.47. The van der Waals surface area contributed by atoms with Crippen LogP contribution in [0.1, 0.15) is 23.6 Å². The molecule has 2 atom stereocenters. The number of hydrogen-bond acceptors (Lipinski definition) is 6. The molecule has 0 saturated heterocycles. The van der Waals surface area contributed by atoms with E-state index in [9.17, 15) is 24.6 Å². The Hall–Kier alpha value is -4.27. The first-order chi connectivity index (χ1) is 16.1. The van der Waals surface area contributed by atoms with Gasteiger partial charge in [0.1, 0.15) is 23.1 Å². The Bertz CT molecular complexity index is 1470. The summed E-state index contributed by atoms with van der Waals surface area (Å²) in [5.41, 5.74) is 2.61. The highest BCUT2D eigenvalue weighted by Gasteiger charge is 2.26. The molecule has 9 heteroatoms. The largest absolute Gasteiger partial charge is 0.508 e. The zero-order valence-corrected chi connectivity index (χ0v) is 18.8. The van der Waals surface area contributed by atoms with Gasteiger partial charge in [-0.3, -0.25) is 4.79 Å². The maximum atomic E-state index is 12.8. The molecule has 4 aromatic rings. The maximum absolute atomic E-state index is 12.8. The predicted octanol–water partition coefficient (Wildman–Crippen LogP) is 3.18. The molecule has 4 N–H and O–H groups in total. The lowest BCUT2D eigenvalue weighted by Gasteiger charge is -2.20. The number of rotatable bonds is 7. The lowest BCUT2D eigenvalue weighted by atomic mass is 10.0. The van der Waals surface area contributed by atoms with E-state index in [-0.39, 0.29) is 12.2 Å². The fourth-order valence-electron chi connectivity index (χ4n) is 3.92. The van der Waals surface area contributed by atoms with Crippen LogP contribution in [0.2, 0.25) is 0 Å². The van der Waals surface area contributed by atoms with Crippen molar-refractivity contribution in [1.29, 1.82) is 0 Å². The third-order valence-corrected chi connectivity index (χ3v) is 5.78. The number of aryl methyl sites for hydroxylation is 2. The number of H-pyrrole nitrogens is 1. The number of nitrogens with one attached hydrogen (secondary N) is 2. The molecule has 0 radical (unpaired) electrons. The summed E-state index contributed by atoms with van der Waals surface area (Å²) in [6.07, 6.45) is 0.651. The second-order valence-corrected chi connectivity index (χ2v) is 8.22. The topological polar surface area (TPSA) is 142 Å². The summed E-state index contributed by atoms with van der Waals surface area (Å²) >= 11 is 0. The SMILES string of the molecule is Cc1cc(=O)oc2c(C)c(O[C@H](C)C(=O)N[C@@H](Cc3c[nH]c4ccc(O)cc34)C(=O)O)ccc12. The molecular formula is C25H24N2O7. The summed E-state index contributed by atoms with van der Waals surface area (Å²) in [7, 11) is 0. The fourth-order valence-corrected chi connectivity index (χ4v) is 3.92. The van der Waals surface area contributed by atoms with E-state index in [0.29, 0.717) is 27.8 Å². The van der Waals surface area contributed by atoms with Crippen LogP contribution in [0.4, 0.5) is 0 Å². The highest BCUT2D eigenvalue weighted by molar-refractivity contribution is 5.89. The first-order valence-electron chi connectivity index (χ1n) is 10.7. The van der Waals surface area contributed by atoms with Crippen LogP contribution in [-0.4, -0.2) is 39.2 Å². The third-order valence-electron chi connectivity index (χ3n) is 5.78. The zero-order valence-electron chi connectivity index (χ0n) is 18.8. The third kappa shape index (κ3) is 4.45. The second kappa shape index (κ2) is 8.93. The number of phenolic OH excluding ortho intramolecular Hbond substituents is 1. The number of carbonyl (C=O) groups excluding carboxylic acids is 1. The van der Waals surface area contributed by atoms with Crippen molar-refractivity contribution < 1.29 is 29.0 Å².